The standard InChI is InChI=1S/C20H20N6O2/c1-14-11-23-18(12-22-14)20(28)25-10-2-3-16(25)13-26-19(27)5-4-17(24-26)15-6-8-21-9-7-15/h4-9,11-12,16H,2-3,10,13H2,1H3. The fraction of sp³-hybridized carbons (Fsp3) is 0.300. The molecule has 1 fully saturated rings. The smallest absolute Gasteiger partial charge is 0.274 e. The van der Waals surface area contributed by atoms with Crippen molar-refractivity contribution in [2.45, 2.75) is 32.4 Å². The number of nitrogens with zero attached hydrogens (tertiary/aromatic N) is 6. The molecule has 0 saturated carbocycles. The predicted octanol–water partition coefficient (Wildman–Crippen LogP) is 1.71. The van der Waals surface area contributed by atoms with Crippen molar-refractivity contribution in [3.8, 4) is 11.3 Å². The van der Waals surface area contributed by atoms with Crippen molar-refractivity contribution in [3.63, 3.8) is 0 Å². The van der Waals surface area contributed by atoms with E-state index in [2.05, 4.69) is 20.1 Å². The van der Waals surface area contributed by atoms with Crippen LogP contribution in [0.5, 0.6) is 0 Å². The van der Waals surface area contributed by atoms with Gasteiger partial charge in [0.15, 0.2) is 0 Å². The third-order valence-corrected chi connectivity index (χ3v) is 4.86. The Kier molecular flexibility index (Phi) is 4.92. The Morgan fingerprint density at radius 2 is 1.96 bits per heavy atom. The molecule has 0 aliphatic carbocycles. The number of carbonyl (C=O) groups excluding carboxylic acids is 1. The molecule has 4 rings (SSSR count). The van der Waals surface area contributed by atoms with Gasteiger partial charge in [-0.15, -0.1) is 0 Å². The molecule has 28 heavy (non-hydrogen) atoms. The molecular formula is C20H20N6O2. The van der Waals surface area contributed by atoms with Gasteiger partial charge >= 0.3 is 0 Å². The molecule has 0 N–H and O–H groups in total. The highest BCUT2D eigenvalue weighted by Crippen LogP contribution is 2.21. The molecule has 3 aromatic rings. The highest BCUT2D eigenvalue weighted by atomic mass is 16.2. The average Bonchev–Trinajstić information content (AvgIpc) is 3.18. The fourth-order valence-corrected chi connectivity index (χ4v) is 3.40. The number of amides is 1. The van der Waals surface area contributed by atoms with Crippen LogP contribution < -0.4 is 5.56 Å². The maximum atomic E-state index is 12.8. The molecule has 142 valence electrons. The van der Waals surface area contributed by atoms with Crippen LogP contribution >= 0.6 is 0 Å². The summed E-state index contributed by atoms with van der Waals surface area (Å²) < 4.78 is 1.44. The molecule has 8 heteroatoms. The molecule has 4 heterocycles. The number of aryl methyl sites for hydroxylation is 1. The number of hydrogen-bond acceptors (Lipinski definition) is 6. The Morgan fingerprint density at radius 1 is 1.14 bits per heavy atom. The monoisotopic (exact) mass is 376 g/mol. The highest BCUT2D eigenvalue weighted by molar-refractivity contribution is 5.92. The summed E-state index contributed by atoms with van der Waals surface area (Å²) in [7, 11) is 0. The van der Waals surface area contributed by atoms with Crippen LogP contribution in [-0.2, 0) is 6.54 Å². The van der Waals surface area contributed by atoms with Crippen LogP contribution in [0.2, 0.25) is 0 Å². The van der Waals surface area contributed by atoms with Gasteiger partial charge in [-0.25, -0.2) is 9.67 Å². The van der Waals surface area contributed by atoms with E-state index in [-0.39, 0.29) is 17.5 Å². The Morgan fingerprint density at radius 3 is 2.71 bits per heavy atom. The lowest BCUT2D eigenvalue weighted by molar-refractivity contribution is 0.0714. The summed E-state index contributed by atoms with van der Waals surface area (Å²) >= 11 is 0. The SMILES string of the molecule is Cc1cnc(C(=O)N2CCCC2Cn2nc(-c3ccncc3)ccc2=O)cn1. The molecule has 0 radical (unpaired) electrons. The van der Waals surface area contributed by atoms with Gasteiger partial charge in [0, 0.05) is 36.8 Å². The average molecular weight is 376 g/mol. The van der Waals surface area contributed by atoms with Crippen molar-refractivity contribution in [1.82, 2.24) is 29.6 Å². The van der Waals surface area contributed by atoms with E-state index < -0.39 is 0 Å². The lowest BCUT2D eigenvalue weighted by Crippen LogP contribution is -2.41. The Balaban J connectivity index is 1.57. The minimum Gasteiger partial charge on any atom is -0.332 e. The van der Waals surface area contributed by atoms with Crippen molar-refractivity contribution in [2.24, 2.45) is 0 Å². The number of carbonyl (C=O) groups is 1. The number of aromatic nitrogens is 5. The zero-order valence-electron chi connectivity index (χ0n) is 15.5. The van der Waals surface area contributed by atoms with E-state index in [1.165, 1.54) is 16.9 Å². The van der Waals surface area contributed by atoms with Gasteiger partial charge in [-0.1, -0.05) is 0 Å². The van der Waals surface area contributed by atoms with Crippen LogP contribution in [0.4, 0.5) is 0 Å². The molecule has 0 aromatic carbocycles. The minimum atomic E-state index is -0.188. The molecule has 3 aromatic heterocycles. The highest BCUT2D eigenvalue weighted by Gasteiger charge is 2.31. The predicted molar refractivity (Wildman–Crippen MR) is 103 cm³/mol. The van der Waals surface area contributed by atoms with Crippen molar-refractivity contribution in [3.05, 3.63) is 70.8 Å². The molecule has 0 bridgehead atoms. The minimum absolute atomic E-state index is 0.103. The van der Waals surface area contributed by atoms with E-state index in [1.807, 2.05) is 19.1 Å². The van der Waals surface area contributed by atoms with Gasteiger partial charge in [-0.05, 0) is 38.0 Å². The maximum Gasteiger partial charge on any atom is 0.274 e. The molecule has 1 aliphatic rings. The number of pyridine rings is 1. The summed E-state index contributed by atoms with van der Waals surface area (Å²) in [6.07, 6.45) is 8.16. The van der Waals surface area contributed by atoms with Gasteiger partial charge in [-0.3, -0.25) is 19.6 Å². The molecule has 0 spiro atoms. The fourth-order valence-electron chi connectivity index (χ4n) is 3.40. The van der Waals surface area contributed by atoms with Crippen molar-refractivity contribution in [1.29, 1.82) is 0 Å². The van der Waals surface area contributed by atoms with Gasteiger partial charge in [0.05, 0.1) is 30.2 Å². The summed E-state index contributed by atoms with van der Waals surface area (Å²) in [5.41, 5.74) is 2.48. The Hall–Kier alpha value is -3.42. The van der Waals surface area contributed by atoms with Gasteiger partial charge in [0.2, 0.25) is 0 Å². The van der Waals surface area contributed by atoms with Crippen LogP contribution in [0, 0.1) is 6.92 Å². The summed E-state index contributed by atoms with van der Waals surface area (Å²) in [6.45, 7) is 2.81. The summed E-state index contributed by atoms with van der Waals surface area (Å²) in [5, 5.41) is 4.49. The molecule has 1 saturated heterocycles. The first-order valence-corrected chi connectivity index (χ1v) is 9.20. The summed E-state index contributed by atoms with van der Waals surface area (Å²) in [5.74, 6) is -0.159. The van der Waals surface area contributed by atoms with Crippen LogP contribution in [-0.4, -0.2) is 48.1 Å². The van der Waals surface area contributed by atoms with Crippen LogP contribution in [0.15, 0.2) is 53.8 Å². The number of likely N-dealkylation sites (tertiary alicyclic amines) is 1. The lowest BCUT2D eigenvalue weighted by Gasteiger charge is -2.24. The number of hydrogen-bond donors (Lipinski definition) is 0. The zero-order chi connectivity index (χ0) is 19.5. The first-order chi connectivity index (χ1) is 13.6. The normalized spacial score (nSPS) is 16.3. The molecule has 1 aliphatic heterocycles. The van der Waals surface area contributed by atoms with Gasteiger partial charge in [0.25, 0.3) is 11.5 Å². The van der Waals surface area contributed by atoms with E-state index in [0.717, 1.165) is 24.1 Å². The second kappa shape index (κ2) is 7.67. The molecule has 1 atom stereocenters. The second-order valence-electron chi connectivity index (χ2n) is 6.81. The number of rotatable bonds is 4. The summed E-state index contributed by atoms with van der Waals surface area (Å²) in [4.78, 5) is 39.3. The first kappa shape index (κ1) is 18.0. The van der Waals surface area contributed by atoms with Crippen LogP contribution in [0.25, 0.3) is 11.3 Å². The molecule has 1 unspecified atom stereocenters. The third kappa shape index (κ3) is 3.66. The van der Waals surface area contributed by atoms with Gasteiger partial charge < -0.3 is 4.90 Å². The molecule has 8 nitrogen and oxygen atoms in total. The van der Waals surface area contributed by atoms with E-state index in [9.17, 15) is 9.59 Å². The third-order valence-electron chi connectivity index (χ3n) is 4.86. The van der Waals surface area contributed by atoms with Crippen molar-refractivity contribution >= 4 is 5.91 Å². The Bertz CT molecular complexity index is 1030. The van der Waals surface area contributed by atoms with Crippen LogP contribution in [0.1, 0.15) is 29.0 Å². The quantitative estimate of drug-likeness (QED) is 0.688. The van der Waals surface area contributed by atoms with Gasteiger partial charge in [-0.2, -0.15) is 5.10 Å². The van der Waals surface area contributed by atoms with Crippen molar-refractivity contribution < 1.29 is 4.79 Å². The van der Waals surface area contributed by atoms with E-state index >= 15 is 0 Å². The second-order valence-corrected chi connectivity index (χ2v) is 6.81. The first-order valence-electron chi connectivity index (χ1n) is 9.20. The largest absolute Gasteiger partial charge is 0.332 e. The van der Waals surface area contributed by atoms with E-state index in [1.54, 1.807) is 29.6 Å². The van der Waals surface area contributed by atoms with E-state index in [4.69, 9.17) is 0 Å². The van der Waals surface area contributed by atoms with Crippen molar-refractivity contribution in [2.75, 3.05) is 6.54 Å². The lowest BCUT2D eigenvalue weighted by atomic mass is 10.2. The topological polar surface area (TPSA) is 93.9 Å². The zero-order valence-corrected chi connectivity index (χ0v) is 15.5. The molecular weight excluding hydrogens is 356 g/mol. The Labute approximate surface area is 161 Å². The maximum absolute atomic E-state index is 12.8. The van der Waals surface area contributed by atoms with Gasteiger partial charge in [0.1, 0.15) is 5.69 Å². The molecule has 1 amide bonds. The van der Waals surface area contributed by atoms with E-state index in [0.29, 0.717) is 24.5 Å². The van der Waals surface area contributed by atoms with Crippen LogP contribution in [0.3, 0.4) is 0 Å². The summed E-state index contributed by atoms with van der Waals surface area (Å²) in [6, 6.07) is 6.80.